The molecule has 0 aliphatic heterocycles. The average molecular weight is 336 g/mol. The van der Waals surface area contributed by atoms with Crippen LogP contribution in [0.5, 0.6) is 0 Å². The number of carbonyl (C=O) groups is 1. The zero-order valence-electron chi connectivity index (χ0n) is 14.9. The fourth-order valence-corrected chi connectivity index (χ4v) is 3.04. The number of hydrogen-bond donors (Lipinski definition) is 1. The van der Waals surface area contributed by atoms with Gasteiger partial charge in [0.15, 0.2) is 0 Å². The third-order valence-corrected chi connectivity index (χ3v) is 4.37. The molecule has 0 bridgehead atoms. The van der Waals surface area contributed by atoms with Gasteiger partial charge in [-0.25, -0.2) is 4.79 Å². The molecule has 0 heterocycles. The van der Waals surface area contributed by atoms with Crippen molar-refractivity contribution in [1.29, 1.82) is 0 Å². The molecule has 4 heteroatoms. The number of benzene rings is 1. The average Bonchev–Trinajstić information content (AvgIpc) is 2.53. The molecule has 0 saturated heterocycles. The van der Waals surface area contributed by atoms with Gasteiger partial charge in [-0.1, -0.05) is 38.1 Å². The van der Waals surface area contributed by atoms with Crippen LogP contribution in [0.1, 0.15) is 48.2 Å². The van der Waals surface area contributed by atoms with E-state index in [9.17, 15) is 4.79 Å². The molecule has 0 aliphatic carbocycles. The van der Waals surface area contributed by atoms with Crippen LogP contribution in [0, 0.1) is 0 Å². The maximum Gasteiger partial charge on any atom is 0.338 e. The zero-order valence-corrected chi connectivity index (χ0v) is 15.7. The number of rotatable bonds is 9. The SMILES string of the molecule is CCOC(=O)c1cc(C/C=C/[C@H](CSC)NC)ccc1C(C)C. The van der Waals surface area contributed by atoms with E-state index in [0.29, 0.717) is 24.1 Å². The van der Waals surface area contributed by atoms with E-state index in [0.717, 1.165) is 23.3 Å². The standard InChI is InChI=1S/C19H29NO2S/c1-6-22-19(21)18-12-15(10-11-17(18)14(2)3)8-7-9-16(20-4)13-23-5/h7,9-12,14,16,20H,6,8,13H2,1-5H3/b9-7+/t16-/m1/s1. The van der Waals surface area contributed by atoms with Crippen LogP contribution in [0.15, 0.2) is 30.4 Å². The fraction of sp³-hybridized carbons (Fsp3) is 0.526. The molecule has 3 nitrogen and oxygen atoms in total. The molecule has 0 radical (unpaired) electrons. The Bertz CT molecular complexity index is 526. The smallest absolute Gasteiger partial charge is 0.338 e. The maximum atomic E-state index is 12.2. The van der Waals surface area contributed by atoms with E-state index in [1.54, 1.807) is 0 Å². The number of allylic oxidation sites excluding steroid dienone is 1. The van der Waals surface area contributed by atoms with Crippen molar-refractivity contribution in [3.63, 3.8) is 0 Å². The van der Waals surface area contributed by atoms with E-state index < -0.39 is 0 Å². The Morgan fingerprint density at radius 3 is 2.70 bits per heavy atom. The van der Waals surface area contributed by atoms with Gasteiger partial charge in [0.1, 0.15) is 0 Å². The Morgan fingerprint density at radius 2 is 2.13 bits per heavy atom. The molecule has 1 N–H and O–H groups in total. The molecule has 0 spiro atoms. The number of thioether (sulfide) groups is 1. The summed E-state index contributed by atoms with van der Waals surface area (Å²) >= 11 is 1.82. The van der Waals surface area contributed by atoms with Gasteiger partial charge in [0.25, 0.3) is 0 Å². The minimum atomic E-state index is -0.225. The van der Waals surface area contributed by atoms with Gasteiger partial charge in [-0.3, -0.25) is 0 Å². The molecule has 0 aliphatic rings. The lowest BCUT2D eigenvalue weighted by Gasteiger charge is -2.13. The molecule has 0 saturated carbocycles. The van der Waals surface area contributed by atoms with Gasteiger partial charge in [-0.2, -0.15) is 11.8 Å². The van der Waals surface area contributed by atoms with Crippen molar-refractivity contribution in [2.45, 2.75) is 39.2 Å². The summed E-state index contributed by atoms with van der Waals surface area (Å²) in [6, 6.07) is 6.51. The fourth-order valence-electron chi connectivity index (χ4n) is 2.40. The van der Waals surface area contributed by atoms with Crippen LogP contribution in [0.25, 0.3) is 0 Å². The Labute approximate surface area is 144 Å². The summed E-state index contributed by atoms with van der Waals surface area (Å²) in [4.78, 5) is 12.2. The van der Waals surface area contributed by atoms with E-state index in [-0.39, 0.29) is 5.97 Å². The second kappa shape index (κ2) is 10.5. The summed E-state index contributed by atoms with van der Waals surface area (Å²) in [5, 5.41) is 3.28. The Morgan fingerprint density at radius 1 is 1.39 bits per heavy atom. The van der Waals surface area contributed by atoms with E-state index in [1.165, 1.54) is 0 Å². The molecule has 1 rings (SSSR count). The van der Waals surface area contributed by atoms with Gasteiger partial charge in [0, 0.05) is 11.8 Å². The van der Waals surface area contributed by atoms with Crippen LogP contribution >= 0.6 is 11.8 Å². The summed E-state index contributed by atoms with van der Waals surface area (Å²) in [5.41, 5.74) is 2.88. The Kier molecular flexibility index (Phi) is 9.03. The highest BCUT2D eigenvalue weighted by molar-refractivity contribution is 7.98. The summed E-state index contributed by atoms with van der Waals surface area (Å²) in [7, 11) is 1.97. The highest BCUT2D eigenvalue weighted by Gasteiger charge is 2.15. The molecule has 1 atom stereocenters. The third-order valence-electron chi connectivity index (χ3n) is 3.67. The van der Waals surface area contributed by atoms with E-state index in [2.05, 4.69) is 49.7 Å². The maximum absolute atomic E-state index is 12.2. The van der Waals surface area contributed by atoms with Gasteiger partial charge >= 0.3 is 5.97 Å². The highest BCUT2D eigenvalue weighted by Crippen LogP contribution is 2.22. The molecular weight excluding hydrogens is 306 g/mol. The monoisotopic (exact) mass is 335 g/mol. The van der Waals surface area contributed by atoms with Gasteiger partial charge < -0.3 is 10.1 Å². The van der Waals surface area contributed by atoms with E-state index in [1.807, 2.05) is 31.8 Å². The number of carbonyl (C=O) groups excluding carboxylic acids is 1. The molecule has 0 fully saturated rings. The predicted octanol–water partition coefficient (Wildman–Crippen LogP) is 4.04. The van der Waals surface area contributed by atoms with E-state index >= 15 is 0 Å². The number of hydrogen-bond acceptors (Lipinski definition) is 4. The first-order valence-electron chi connectivity index (χ1n) is 8.16. The highest BCUT2D eigenvalue weighted by atomic mass is 32.2. The number of esters is 1. The van der Waals surface area contributed by atoms with Crippen molar-refractivity contribution < 1.29 is 9.53 Å². The van der Waals surface area contributed by atoms with Gasteiger partial charge in [-0.15, -0.1) is 0 Å². The molecule has 0 amide bonds. The van der Waals surface area contributed by atoms with Crippen molar-refractivity contribution in [2.24, 2.45) is 0 Å². The van der Waals surface area contributed by atoms with Crippen molar-refractivity contribution in [1.82, 2.24) is 5.32 Å². The number of likely N-dealkylation sites (N-methyl/N-ethyl adjacent to an activating group) is 1. The van der Waals surface area contributed by atoms with Gasteiger partial charge in [-0.05, 0) is 49.8 Å². The molecule has 128 valence electrons. The van der Waals surface area contributed by atoms with Crippen molar-refractivity contribution >= 4 is 17.7 Å². The van der Waals surface area contributed by atoms with Gasteiger partial charge in [0.05, 0.1) is 12.2 Å². The Balaban J connectivity index is 2.90. The molecule has 23 heavy (non-hydrogen) atoms. The van der Waals surface area contributed by atoms with Crippen LogP contribution < -0.4 is 5.32 Å². The minimum absolute atomic E-state index is 0.225. The first-order valence-corrected chi connectivity index (χ1v) is 9.55. The van der Waals surface area contributed by atoms with Crippen molar-refractivity contribution in [3.05, 3.63) is 47.0 Å². The number of ether oxygens (including phenoxy) is 1. The quantitative estimate of drug-likeness (QED) is 0.546. The third kappa shape index (κ3) is 6.40. The summed E-state index contributed by atoms with van der Waals surface area (Å²) < 4.78 is 5.20. The number of nitrogens with one attached hydrogen (secondary N) is 1. The normalized spacial score (nSPS) is 12.8. The minimum Gasteiger partial charge on any atom is -0.462 e. The Hall–Kier alpha value is -1.26. The zero-order chi connectivity index (χ0) is 17.2. The van der Waals surface area contributed by atoms with E-state index in [4.69, 9.17) is 4.74 Å². The lowest BCUT2D eigenvalue weighted by molar-refractivity contribution is 0.0524. The molecule has 1 aromatic carbocycles. The van der Waals surface area contributed by atoms with Crippen molar-refractivity contribution in [2.75, 3.05) is 25.7 Å². The van der Waals surface area contributed by atoms with Crippen LogP contribution in [0.4, 0.5) is 0 Å². The predicted molar refractivity (Wildman–Crippen MR) is 101 cm³/mol. The molecule has 1 aromatic rings. The summed E-state index contributed by atoms with van der Waals surface area (Å²) in [6.45, 7) is 6.43. The largest absolute Gasteiger partial charge is 0.462 e. The van der Waals surface area contributed by atoms with Gasteiger partial charge in [0.2, 0.25) is 0 Å². The first kappa shape index (κ1) is 19.8. The lowest BCUT2D eigenvalue weighted by atomic mass is 9.94. The first-order chi connectivity index (χ1) is 11.0. The van der Waals surface area contributed by atoms with Crippen LogP contribution in [-0.2, 0) is 11.2 Å². The summed E-state index contributed by atoms with van der Waals surface area (Å²) in [5.74, 6) is 1.12. The lowest BCUT2D eigenvalue weighted by Crippen LogP contribution is -2.25. The molecule has 0 unspecified atom stereocenters. The second-order valence-corrected chi connectivity index (χ2v) is 6.69. The molecule has 0 aromatic heterocycles. The van der Waals surface area contributed by atoms with Crippen LogP contribution in [-0.4, -0.2) is 37.7 Å². The van der Waals surface area contributed by atoms with Crippen LogP contribution in [0.2, 0.25) is 0 Å². The molecular formula is C19H29NO2S. The second-order valence-electron chi connectivity index (χ2n) is 5.78. The van der Waals surface area contributed by atoms with Crippen LogP contribution in [0.3, 0.4) is 0 Å². The summed E-state index contributed by atoms with van der Waals surface area (Å²) in [6.07, 6.45) is 7.28. The van der Waals surface area contributed by atoms with Crippen molar-refractivity contribution in [3.8, 4) is 0 Å². The topological polar surface area (TPSA) is 38.3 Å².